The molecule has 0 aliphatic carbocycles. The Balaban J connectivity index is 1.88. The highest BCUT2D eigenvalue weighted by atomic mass is 79.9. The average molecular weight is 309 g/mol. The zero-order valence-corrected chi connectivity index (χ0v) is 11.5. The minimum Gasteiger partial charge on any atom is -0.326 e. The third-order valence-corrected chi connectivity index (χ3v) is 3.34. The molecule has 94 valence electrons. The van der Waals surface area contributed by atoms with E-state index in [1.807, 2.05) is 25.1 Å². The lowest BCUT2D eigenvalue weighted by molar-refractivity contribution is -0.116. The minimum atomic E-state index is -0.0405. The molecular formula is C12H13BrN4O. The summed E-state index contributed by atoms with van der Waals surface area (Å²) in [6.07, 6.45) is 3.42. The van der Waals surface area contributed by atoms with Gasteiger partial charge in [-0.3, -0.25) is 9.48 Å². The van der Waals surface area contributed by atoms with Gasteiger partial charge in [-0.05, 0) is 24.6 Å². The molecular weight excluding hydrogens is 296 g/mol. The Bertz CT molecular complexity index is 539. The first-order valence-corrected chi connectivity index (χ1v) is 6.33. The summed E-state index contributed by atoms with van der Waals surface area (Å²) in [6.45, 7) is 2.53. The van der Waals surface area contributed by atoms with Crippen LogP contribution in [0.15, 0.2) is 35.3 Å². The predicted molar refractivity (Wildman–Crippen MR) is 72.1 cm³/mol. The maximum Gasteiger partial charge on any atom is 0.226 e. The maximum absolute atomic E-state index is 11.7. The van der Waals surface area contributed by atoms with E-state index in [0.29, 0.717) is 13.0 Å². The highest BCUT2D eigenvalue weighted by molar-refractivity contribution is 9.10. The van der Waals surface area contributed by atoms with Gasteiger partial charge in [0.15, 0.2) is 0 Å². The van der Waals surface area contributed by atoms with Crippen molar-refractivity contribution in [2.45, 2.75) is 19.9 Å². The molecule has 1 aromatic carbocycles. The third kappa shape index (κ3) is 3.40. The summed E-state index contributed by atoms with van der Waals surface area (Å²) >= 11 is 3.43. The first-order chi connectivity index (χ1) is 8.65. The van der Waals surface area contributed by atoms with Crippen LogP contribution < -0.4 is 5.32 Å². The fourth-order valence-corrected chi connectivity index (χ4v) is 1.84. The van der Waals surface area contributed by atoms with Crippen LogP contribution in [-0.4, -0.2) is 20.7 Å². The van der Waals surface area contributed by atoms with Crippen LogP contribution in [0, 0.1) is 6.92 Å². The van der Waals surface area contributed by atoms with Crippen LogP contribution in [-0.2, 0) is 11.3 Å². The predicted octanol–water partition coefficient (Wildman–Crippen LogP) is 2.38. The normalized spacial score (nSPS) is 10.3. The largest absolute Gasteiger partial charge is 0.326 e. The van der Waals surface area contributed by atoms with Gasteiger partial charge < -0.3 is 5.32 Å². The molecule has 0 fully saturated rings. The van der Waals surface area contributed by atoms with Gasteiger partial charge in [0.05, 0.1) is 6.54 Å². The fraction of sp³-hybridized carbons (Fsp3) is 0.250. The van der Waals surface area contributed by atoms with Gasteiger partial charge in [-0.2, -0.15) is 5.10 Å². The zero-order chi connectivity index (χ0) is 13.0. The van der Waals surface area contributed by atoms with Crippen molar-refractivity contribution in [2.75, 3.05) is 5.32 Å². The molecule has 0 aliphatic rings. The first kappa shape index (κ1) is 12.8. The van der Waals surface area contributed by atoms with Gasteiger partial charge in [0.2, 0.25) is 5.91 Å². The Morgan fingerprint density at radius 1 is 1.50 bits per heavy atom. The van der Waals surface area contributed by atoms with Crippen molar-refractivity contribution in [1.29, 1.82) is 0 Å². The number of nitrogens with one attached hydrogen (secondary N) is 1. The van der Waals surface area contributed by atoms with Crippen molar-refractivity contribution in [2.24, 2.45) is 0 Å². The van der Waals surface area contributed by atoms with Gasteiger partial charge in [-0.1, -0.05) is 22.0 Å². The lowest BCUT2D eigenvalue weighted by Gasteiger charge is -2.07. The van der Waals surface area contributed by atoms with Gasteiger partial charge in [-0.15, -0.1) is 0 Å². The molecule has 1 heterocycles. The van der Waals surface area contributed by atoms with Crippen molar-refractivity contribution in [3.63, 3.8) is 0 Å². The molecule has 0 radical (unpaired) electrons. The van der Waals surface area contributed by atoms with E-state index in [1.54, 1.807) is 11.0 Å². The molecule has 18 heavy (non-hydrogen) atoms. The van der Waals surface area contributed by atoms with E-state index in [9.17, 15) is 4.79 Å². The standard InChI is InChI=1S/C12H13BrN4O/c1-9-2-3-10(6-11(9)13)16-12(18)4-5-17-8-14-7-15-17/h2-3,6-8H,4-5H2,1H3,(H,16,18). The quantitative estimate of drug-likeness (QED) is 0.943. The molecule has 0 saturated heterocycles. The number of amides is 1. The number of carbonyl (C=O) groups is 1. The highest BCUT2D eigenvalue weighted by Gasteiger charge is 2.04. The highest BCUT2D eigenvalue weighted by Crippen LogP contribution is 2.20. The summed E-state index contributed by atoms with van der Waals surface area (Å²) in [7, 11) is 0. The van der Waals surface area contributed by atoms with Gasteiger partial charge in [0.1, 0.15) is 12.7 Å². The molecule has 0 spiro atoms. The van der Waals surface area contributed by atoms with Gasteiger partial charge in [0.25, 0.3) is 0 Å². The van der Waals surface area contributed by atoms with E-state index in [2.05, 4.69) is 31.3 Å². The minimum absolute atomic E-state index is 0.0405. The number of hydrogen-bond acceptors (Lipinski definition) is 3. The Kier molecular flexibility index (Phi) is 4.09. The van der Waals surface area contributed by atoms with Gasteiger partial charge >= 0.3 is 0 Å². The number of rotatable bonds is 4. The summed E-state index contributed by atoms with van der Waals surface area (Å²) in [6, 6.07) is 5.73. The molecule has 1 N–H and O–H groups in total. The number of halogens is 1. The van der Waals surface area contributed by atoms with E-state index in [-0.39, 0.29) is 5.91 Å². The molecule has 1 amide bonds. The van der Waals surface area contributed by atoms with E-state index >= 15 is 0 Å². The molecule has 2 rings (SSSR count). The molecule has 0 unspecified atom stereocenters. The van der Waals surface area contributed by atoms with E-state index < -0.39 is 0 Å². The Morgan fingerprint density at radius 2 is 2.33 bits per heavy atom. The van der Waals surface area contributed by atoms with Crippen LogP contribution >= 0.6 is 15.9 Å². The monoisotopic (exact) mass is 308 g/mol. The second-order valence-corrected chi connectivity index (χ2v) is 4.78. The number of aryl methyl sites for hydroxylation is 2. The fourth-order valence-electron chi connectivity index (χ4n) is 1.46. The summed E-state index contributed by atoms with van der Waals surface area (Å²) in [4.78, 5) is 15.5. The summed E-state index contributed by atoms with van der Waals surface area (Å²) in [5.74, 6) is -0.0405. The number of aromatic nitrogens is 3. The Morgan fingerprint density at radius 3 is 3.00 bits per heavy atom. The molecule has 0 saturated carbocycles. The van der Waals surface area contributed by atoms with Crippen molar-refractivity contribution in [3.05, 3.63) is 40.9 Å². The molecule has 5 nitrogen and oxygen atoms in total. The third-order valence-electron chi connectivity index (χ3n) is 2.49. The van der Waals surface area contributed by atoms with Crippen LogP contribution in [0.2, 0.25) is 0 Å². The molecule has 6 heteroatoms. The van der Waals surface area contributed by atoms with E-state index in [4.69, 9.17) is 0 Å². The maximum atomic E-state index is 11.7. The molecule has 0 bridgehead atoms. The number of carbonyl (C=O) groups excluding carboxylic acids is 1. The van der Waals surface area contributed by atoms with Crippen molar-refractivity contribution < 1.29 is 4.79 Å². The number of anilines is 1. The Labute approximate surface area is 113 Å². The number of nitrogens with zero attached hydrogens (tertiary/aromatic N) is 3. The zero-order valence-electron chi connectivity index (χ0n) is 9.93. The molecule has 0 atom stereocenters. The second-order valence-electron chi connectivity index (χ2n) is 3.92. The average Bonchev–Trinajstić information content (AvgIpc) is 2.84. The number of benzene rings is 1. The van der Waals surface area contributed by atoms with E-state index in [1.165, 1.54) is 6.33 Å². The summed E-state index contributed by atoms with van der Waals surface area (Å²) in [5, 5.41) is 6.78. The lowest BCUT2D eigenvalue weighted by atomic mass is 10.2. The van der Waals surface area contributed by atoms with E-state index in [0.717, 1.165) is 15.7 Å². The molecule has 1 aromatic heterocycles. The first-order valence-electron chi connectivity index (χ1n) is 5.53. The van der Waals surface area contributed by atoms with Crippen LogP contribution in [0.3, 0.4) is 0 Å². The van der Waals surface area contributed by atoms with Crippen molar-refractivity contribution in [1.82, 2.24) is 14.8 Å². The van der Waals surface area contributed by atoms with Crippen LogP contribution in [0.4, 0.5) is 5.69 Å². The smallest absolute Gasteiger partial charge is 0.226 e. The lowest BCUT2D eigenvalue weighted by Crippen LogP contribution is -2.14. The number of hydrogen-bond donors (Lipinski definition) is 1. The SMILES string of the molecule is Cc1ccc(NC(=O)CCn2cncn2)cc1Br. The second kappa shape index (κ2) is 5.77. The topological polar surface area (TPSA) is 59.8 Å². The molecule has 2 aromatic rings. The van der Waals surface area contributed by atoms with Crippen molar-refractivity contribution in [3.8, 4) is 0 Å². The van der Waals surface area contributed by atoms with Gasteiger partial charge in [-0.25, -0.2) is 4.98 Å². The molecule has 0 aliphatic heterocycles. The Hall–Kier alpha value is -1.69. The van der Waals surface area contributed by atoms with Crippen LogP contribution in [0.1, 0.15) is 12.0 Å². The summed E-state index contributed by atoms with van der Waals surface area (Å²) in [5.41, 5.74) is 1.92. The summed E-state index contributed by atoms with van der Waals surface area (Å²) < 4.78 is 2.61. The van der Waals surface area contributed by atoms with Crippen LogP contribution in [0.5, 0.6) is 0 Å². The van der Waals surface area contributed by atoms with Crippen LogP contribution in [0.25, 0.3) is 0 Å². The van der Waals surface area contributed by atoms with Crippen molar-refractivity contribution >= 4 is 27.5 Å². The van der Waals surface area contributed by atoms with Gasteiger partial charge in [0, 0.05) is 16.6 Å².